The van der Waals surface area contributed by atoms with Crippen LogP contribution < -0.4 is 0 Å². The van der Waals surface area contributed by atoms with Crippen molar-refractivity contribution >= 4 is 67.6 Å². The minimum atomic E-state index is -2.74. The Bertz CT molecular complexity index is 443. The maximum Gasteiger partial charge on any atom is 0.336 e. The van der Waals surface area contributed by atoms with E-state index in [0.29, 0.717) is 0 Å². The zero-order chi connectivity index (χ0) is 18.1. The van der Waals surface area contributed by atoms with Gasteiger partial charge in [-0.1, -0.05) is 0 Å². The molecule has 0 aliphatic carbocycles. The molecular weight excluding hydrogens is 352 g/mol. The Morgan fingerprint density at radius 1 is 0.783 bits per heavy atom. The molecule has 0 fully saturated rings. The van der Waals surface area contributed by atoms with Crippen LogP contribution in [0.5, 0.6) is 0 Å². The van der Waals surface area contributed by atoms with E-state index >= 15 is 0 Å². The van der Waals surface area contributed by atoms with E-state index in [0.717, 1.165) is 0 Å². The van der Waals surface area contributed by atoms with Crippen LogP contribution in [0.25, 0.3) is 0 Å². The summed E-state index contributed by atoms with van der Waals surface area (Å²) in [4.78, 5) is 49.9. The Hall–Kier alpha value is -1.47. The topological polar surface area (TPSA) is 227 Å². The molecule has 0 aliphatic rings. The minimum absolute atomic E-state index is 0. The van der Waals surface area contributed by atoms with Gasteiger partial charge in [0.2, 0.25) is 0 Å². The van der Waals surface area contributed by atoms with E-state index in [-0.39, 0.29) is 37.7 Å². The maximum absolute atomic E-state index is 10.3. The molecule has 7 N–H and O–H groups in total. The molecule has 0 saturated carbocycles. The van der Waals surface area contributed by atoms with Crippen molar-refractivity contribution in [3.63, 3.8) is 0 Å². The Morgan fingerprint density at radius 2 is 1.13 bits per heavy atom. The first-order valence-electron chi connectivity index (χ1n) is 5.34. The molecule has 2 radical (unpaired) electrons. The van der Waals surface area contributed by atoms with Crippen LogP contribution >= 0.6 is 0 Å². The zero-order valence-electron chi connectivity index (χ0n) is 11.6. The Balaban J connectivity index is -0.000000354. The molecule has 13 heteroatoms. The van der Waals surface area contributed by atoms with Gasteiger partial charge < -0.3 is 35.7 Å². The van der Waals surface area contributed by atoms with Crippen molar-refractivity contribution in [3.05, 3.63) is 0 Å². The summed E-state index contributed by atoms with van der Waals surface area (Å²) in [6.45, 7) is 0. The predicted molar refractivity (Wildman–Crippen MR) is 68.7 cm³/mol. The monoisotopic (exact) mass is 366 g/mol. The second kappa shape index (κ2) is 12.0. The molecule has 12 nitrogen and oxygen atoms in total. The van der Waals surface area contributed by atoms with Crippen LogP contribution in [-0.4, -0.2) is 115 Å². The van der Waals surface area contributed by atoms with Crippen LogP contribution in [0.1, 0.15) is 19.3 Å². The van der Waals surface area contributed by atoms with Crippen molar-refractivity contribution in [2.24, 2.45) is 0 Å². The van der Waals surface area contributed by atoms with Crippen molar-refractivity contribution < 1.29 is 59.7 Å². The number of carboxylic acid groups (broad SMARTS) is 5. The van der Waals surface area contributed by atoms with Gasteiger partial charge in [-0.2, -0.15) is 0 Å². The summed E-state index contributed by atoms with van der Waals surface area (Å²) < 4.78 is 0. The predicted octanol–water partition coefficient (Wildman–Crippen LogP) is -2.72. The number of aliphatic carboxylic acids is 5. The zero-order valence-corrected chi connectivity index (χ0v) is 13.8. The molecule has 0 aromatic rings. The van der Waals surface area contributed by atoms with Crippen LogP contribution in [-0.2, 0) is 24.0 Å². The molecular formula is C10H14CaO12. The summed E-state index contributed by atoms with van der Waals surface area (Å²) in [6.07, 6.45) is -4.83. The molecule has 1 atom stereocenters. The molecule has 0 amide bonds. The fourth-order valence-electron chi connectivity index (χ4n) is 0.967. The summed E-state index contributed by atoms with van der Waals surface area (Å²) in [5, 5.41) is 58.0. The third kappa shape index (κ3) is 13.9. The third-order valence-corrected chi connectivity index (χ3v) is 1.94. The normalized spacial score (nSPS) is 11.0. The van der Waals surface area contributed by atoms with Gasteiger partial charge >= 0.3 is 29.8 Å². The first-order valence-corrected chi connectivity index (χ1v) is 5.34. The van der Waals surface area contributed by atoms with Crippen LogP contribution in [0.15, 0.2) is 0 Å². The largest absolute Gasteiger partial charge is 0.481 e. The third-order valence-electron chi connectivity index (χ3n) is 1.94. The Kier molecular flexibility index (Phi) is 13.8. The van der Waals surface area contributed by atoms with Crippen molar-refractivity contribution in [2.45, 2.75) is 31.0 Å². The fraction of sp³-hybridized carbons (Fsp3) is 0.500. The first-order chi connectivity index (χ1) is 9.81. The summed E-state index contributed by atoms with van der Waals surface area (Å²) in [7, 11) is 0. The van der Waals surface area contributed by atoms with Gasteiger partial charge in [0, 0.05) is 37.7 Å². The molecule has 0 aromatic carbocycles. The Labute approximate surface area is 158 Å². The summed E-state index contributed by atoms with van der Waals surface area (Å²) >= 11 is 0. The Morgan fingerprint density at radius 3 is 1.26 bits per heavy atom. The average molecular weight is 366 g/mol. The van der Waals surface area contributed by atoms with E-state index in [1.165, 1.54) is 0 Å². The van der Waals surface area contributed by atoms with Gasteiger partial charge in [0.1, 0.15) is 0 Å². The molecule has 1 unspecified atom stereocenters. The molecule has 0 aliphatic heterocycles. The SMILES string of the molecule is O=C(O)CC(O)(CC(=O)O)C(=O)O.O=C(O)CC(O)C(=O)O.[Ca]. The molecule has 0 rings (SSSR count). The van der Waals surface area contributed by atoms with Gasteiger partial charge in [-0.05, 0) is 0 Å². The fourth-order valence-corrected chi connectivity index (χ4v) is 0.967. The second-order valence-electron chi connectivity index (χ2n) is 3.93. The maximum atomic E-state index is 10.3. The van der Waals surface area contributed by atoms with Crippen molar-refractivity contribution in [2.75, 3.05) is 0 Å². The number of hydrogen-bond donors (Lipinski definition) is 7. The van der Waals surface area contributed by atoms with Crippen LogP contribution in [0.2, 0.25) is 0 Å². The number of hydrogen-bond acceptors (Lipinski definition) is 7. The van der Waals surface area contributed by atoms with Crippen molar-refractivity contribution in [1.82, 2.24) is 0 Å². The molecule has 128 valence electrons. The first kappa shape index (κ1) is 26.4. The number of carboxylic acids is 5. The van der Waals surface area contributed by atoms with Gasteiger partial charge in [0.15, 0.2) is 11.7 Å². The molecule has 0 heterocycles. The van der Waals surface area contributed by atoms with Gasteiger partial charge in [0.05, 0.1) is 19.3 Å². The van der Waals surface area contributed by atoms with Crippen LogP contribution in [0, 0.1) is 0 Å². The summed E-state index contributed by atoms with van der Waals surface area (Å²) in [5.74, 6) is -7.86. The molecule has 23 heavy (non-hydrogen) atoms. The van der Waals surface area contributed by atoms with E-state index in [9.17, 15) is 24.0 Å². The van der Waals surface area contributed by atoms with Gasteiger partial charge in [0.25, 0.3) is 0 Å². The molecule has 0 spiro atoms. The minimum Gasteiger partial charge on any atom is -0.481 e. The number of aliphatic hydroxyl groups is 2. The second-order valence-corrected chi connectivity index (χ2v) is 3.93. The summed E-state index contributed by atoms with van der Waals surface area (Å²) in [5.41, 5.74) is -2.74. The van der Waals surface area contributed by atoms with Gasteiger partial charge in [-0.25, -0.2) is 9.59 Å². The molecule has 0 bridgehead atoms. The average Bonchev–Trinajstić information content (AvgIpc) is 2.25. The van der Waals surface area contributed by atoms with Crippen LogP contribution in [0.4, 0.5) is 0 Å². The van der Waals surface area contributed by atoms with E-state index in [4.69, 9.17) is 35.7 Å². The quantitative estimate of drug-likeness (QED) is 0.217. The summed E-state index contributed by atoms with van der Waals surface area (Å²) in [6, 6.07) is 0. The standard InChI is InChI=1S/C6H8O7.C4H6O5.Ca/c7-3(8)1-6(13,5(11)12)2-4(9)10;5-2(4(8)9)1-3(6)7;/h13H,1-2H2,(H,7,8)(H,9,10)(H,11,12);2,5H,1H2,(H,6,7)(H,8,9);. The number of rotatable bonds is 8. The van der Waals surface area contributed by atoms with Crippen LogP contribution in [0.3, 0.4) is 0 Å². The van der Waals surface area contributed by atoms with Gasteiger partial charge in [-0.15, -0.1) is 0 Å². The number of aliphatic hydroxyl groups excluding tert-OH is 1. The smallest absolute Gasteiger partial charge is 0.336 e. The van der Waals surface area contributed by atoms with Crippen molar-refractivity contribution in [1.29, 1.82) is 0 Å². The van der Waals surface area contributed by atoms with E-state index in [1.807, 2.05) is 0 Å². The molecule has 0 saturated heterocycles. The van der Waals surface area contributed by atoms with E-state index in [2.05, 4.69) is 0 Å². The number of carbonyl (C=O) groups is 5. The molecule has 0 aromatic heterocycles. The van der Waals surface area contributed by atoms with Crippen molar-refractivity contribution in [3.8, 4) is 0 Å². The van der Waals surface area contributed by atoms with E-state index in [1.54, 1.807) is 0 Å². The van der Waals surface area contributed by atoms with E-state index < -0.39 is 60.8 Å². The van der Waals surface area contributed by atoms with Gasteiger partial charge in [-0.3, -0.25) is 14.4 Å².